The lowest BCUT2D eigenvalue weighted by molar-refractivity contribution is 0.628. The summed E-state index contributed by atoms with van der Waals surface area (Å²) in [5.74, 6) is -0.217. The molecule has 1 aromatic carbocycles. The number of nitrogens with one attached hydrogen (secondary N) is 1. The molecule has 0 saturated heterocycles. The molecular weight excluding hydrogens is 239 g/mol. The second kappa shape index (κ2) is 5.10. The standard InChI is InChI=1S/C16H17FN2/c1-11-13(10-18-15-7-8-15)4-9-16(19-11)12-2-5-14(17)6-3-12/h2-6,9,15,18H,7-8,10H2,1H3. The number of pyridine rings is 1. The maximum atomic E-state index is 12.9. The number of benzene rings is 1. The Morgan fingerprint density at radius 3 is 2.53 bits per heavy atom. The van der Waals surface area contributed by atoms with E-state index in [1.807, 2.05) is 13.0 Å². The van der Waals surface area contributed by atoms with Crippen molar-refractivity contribution in [2.45, 2.75) is 32.4 Å². The molecule has 0 spiro atoms. The molecule has 19 heavy (non-hydrogen) atoms. The molecule has 0 aliphatic heterocycles. The maximum Gasteiger partial charge on any atom is 0.123 e. The molecule has 98 valence electrons. The van der Waals surface area contributed by atoms with E-state index in [2.05, 4.69) is 16.4 Å². The first-order chi connectivity index (χ1) is 9.22. The Morgan fingerprint density at radius 2 is 1.89 bits per heavy atom. The Hall–Kier alpha value is -1.74. The molecular formula is C16H17FN2. The van der Waals surface area contributed by atoms with E-state index in [0.717, 1.165) is 23.5 Å². The first-order valence-electron chi connectivity index (χ1n) is 6.68. The van der Waals surface area contributed by atoms with Gasteiger partial charge in [0.15, 0.2) is 0 Å². The van der Waals surface area contributed by atoms with Gasteiger partial charge in [-0.25, -0.2) is 4.39 Å². The minimum absolute atomic E-state index is 0.217. The average molecular weight is 256 g/mol. The van der Waals surface area contributed by atoms with E-state index in [0.29, 0.717) is 6.04 Å². The fourth-order valence-corrected chi connectivity index (χ4v) is 2.10. The van der Waals surface area contributed by atoms with E-state index in [1.54, 1.807) is 12.1 Å². The molecule has 2 aromatic rings. The van der Waals surface area contributed by atoms with Crippen molar-refractivity contribution in [3.63, 3.8) is 0 Å². The van der Waals surface area contributed by atoms with Gasteiger partial charge in [0.2, 0.25) is 0 Å². The molecule has 1 saturated carbocycles. The van der Waals surface area contributed by atoms with Crippen LogP contribution in [-0.2, 0) is 6.54 Å². The van der Waals surface area contributed by atoms with Gasteiger partial charge in [-0.1, -0.05) is 6.07 Å². The first kappa shape index (κ1) is 12.3. The van der Waals surface area contributed by atoms with Crippen molar-refractivity contribution < 1.29 is 4.39 Å². The molecule has 1 N–H and O–H groups in total. The Kier molecular flexibility index (Phi) is 3.30. The summed E-state index contributed by atoms with van der Waals surface area (Å²) in [5.41, 5.74) is 4.12. The summed E-state index contributed by atoms with van der Waals surface area (Å²) in [6.07, 6.45) is 2.58. The van der Waals surface area contributed by atoms with Crippen molar-refractivity contribution in [3.05, 3.63) is 53.5 Å². The molecule has 0 radical (unpaired) electrons. The number of nitrogens with zero attached hydrogens (tertiary/aromatic N) is 1. The summed E-state index contributed by atoms with van der Waals surface area (Å²) in [6.45, 7) is 2.91. The average Bonchev–Trinajstić information content (AvgIpc) is 3.22. The van der Waals surface area contributed by atoms with Crippen LogP contribution in [0.1, 0.15) is 24.1 Å². The van der Waals surface area contributed by atoms with Crippen molar-refractivity contribution in [1.29, 1.82) is 0 Å². The van der Waals surface area contributed by atoms with Crippen molar-refractivity contribution in [2.24, 2.45) is 0 Å². The predicted octanol–water partition coefficient (Wildman–Crippen LogP) is 3.45. The normalized spacial score (nSPS) is 14.6. The molecule has 1 fully saturated rings. The monoisotopic (exact) mass is 256 g/mol. The third-order valence-electron chi connectivity index (χ3n) is 3.49. The summed E-state index contributed by atoms with van der Waals surface area (Å²) in [5, 5.41) is 3.49. The summed E-state index contributed by atoms with van der Waals surface area (Å²) in [7, 11) is 0. The zero-order valence-electron chi connectivity index (χ0n) is 11.0. The number of halogens is 1. The second-order valence-corrected chi connectivity index (χ2v) is 5.10. The Labute approximate surface area is 112 Å². The van der Waals surface area contributed by atoms with E-state index in [4.69, 9.17) is 0 Å². The van der Waals surface area contributed by atoms with Gasteiger partial charge >= 0.3 is 0 Å². The molecule has 0 amide bonds. The summed E-state index contributed by atoms with van der Waals surface area (Å²) < 4.78 is 12.9. The van der Waals surface area contributed by atoms with Crippen LogP contribution in [0.5, 0.6) is 0 Å². The van der Waals surface area contributed by atoms with Crippen LogP contribution in [-0.4, -0.2) is 11.0 Å². The van der Waals surface area contributed by atoms with E-state index < -0.39 is 0 Å². The quantitative estimate of drug-likeness (QED) is 0.906. The SMILES string of the molecule is Cc1nc(-c2ccc(F)cc2)ccc1CNC1CC1. The molecule has 2 nitrogen and oxygen atoms in total. The number of rotatable bonds is 4. The lowest BCUT2D eigenvalue weighted by Gasteiger charge is -2.08. The van der Waals surface area contributed by atoms with E-state index in [1.165, 1.54) is 30.5 Å². The van der Waals surface area contributed by atoms with Gasteiger partial charge in [0.1, 0.15) is 5.82 Å². The Balaban J connectivity index is 1.79. The molecule has 1 aromatic heterocycles. The zero-order chi connectivity index (χ0) is 13.2. The van der Waals surface area contributed by atoms with Crippen LogP contribution in [0.2, 0.25) is 0 Å². The smallest absolute Gasteiger partial charge is 0.123 e. The summed E-state index contributed by atoms with van der Waals surface area (Å²) >= 11 is 0. The molecule has 0 bridgehead atoms. The van der Waals surface area contributed by atoms with Crippen LogP contribution < -0.4 is 5.32 Å². The number of aryl methyl sites for hydroxylation is 1. The highest BCUT2D eigenvalue weighted by atomic mass is 19.1. The van der Waals surface area contributed by atoms with Crippen LogP contribution >= 0.6 is 0 Å². The highest BCUT2D eigenvalue weighted by Gasteiger charge is 2.20. The fourth-order valence-electron chi connectivity index (χ4n) is 2.10. The molecule has 1 heterocycles. The van der Waals surface area contributed by atoms with E-state index in [-0.39, 0.29) is 5.82 Å². The minimum atomic E-state index is -0.217. The second-order valence-electron chi connectivity index (χ2n) is 5.10. The van der Waals surface area contributed by atoms with E-state index in [9.17, 15) is 4.39 Å². The van der Waals surface area contributed by atoms with Gasteiger partial charge < -0.3 is 5.32 Å². The zero-order valence-corrected chi connectivity index (χ0v) is 11.0. The first-order valence-corrected chi connectivity index (χ1v) is 6.68. The number of aromatic nitrogens is 1. The minimum Gasteiger partial charge on any atom is -0.310 e. The third kappa shape index (κ3) is 2.99. The molecule has 0 unspecified atom stereocenters. The van der Waals surface area contributed by atoms with Gasteiger partial charge in [-0.05, 0) is 55.7 Å². The van der Waals surface area contributed by atoms with Gasteiger partial charge in [-0.15, -0.1) is 0 Å². The van der Waals surface area contributed by atoms with Crippen LogP contribution in [0, 0.1) is 12.7 Å². The van der Waals surface area contributed by atoms with Gasteiger partial charge in [0.25, 0.3) is 0 Å². The van der Waals surface area contributed by atoms with Crippen LogP contribution in [0.4, 0.5) is 4.39 Å². The molecule has 0 atom stereocenters. The lowest BCUT2D eigenvalue weighted by atomic mass is 10.1. The van der Waals surface area contributed by atoms with Crippen molar-refractivity contribution in [2.75, 3.05) is 0 Å². The van der Waals surface area contributed by atoms with Gasteiger partial charge in [-0.2, -0.15) is 0 Å². The largest absolute Gasteiger partial charge is 0.310 e. The van der Waals surface area contributed by atoms with E-state index >= 15 is 0 Å². The van der Waals surface area contributed by atoms with Crippen molar-refractivity contribution in [3.8, 4) is 11.3 Å². The summed E-state index contributed by atoms with van der Waals surface area (Å²) in [6, 6.07) is 11.3. The molecule has 1 aliphatic rings. The molecule has 1 aliphatic carbocycles. The molecule has 3 heteroatoms. The number of hydrogen-bond acceptors (Lipinski definition) is 2. The lowest BCUT2D eigenvalue weighted by Crippen LogP contribution is -2.16. The Morgan fingerprint density at radius 1 is 1.16 bits per heavy atom. The van der Waals surface area contributed by atoms with Crippen LogP contribution in [0.15, 0.2) is 36.4 Å². The summed E-state index contributed by atoms with van der Waals surface area (Å²) in [4.78, 5) is 4.61. The maximum absolute atomic E-state index is 12.9. The highest BCUT2D eigenvalue weighted by molar-refractivity contribution is 5.59. The topological polar surface area (TPSA) is 24.9 Å². The third-order valence-corrected chi connectivity index (χ3v) is 3.49. The van der Waals surface area contributed by atoms with Crippen molar-refractivity contribution in [1.82, 2.24) is 10.3 Å². The van der Waals surface area contributed by atoms with Crippen molar-refractivity contribution >= 4 is 0 Å². The Bertz CT molecular complexity index is 574. The van der Waals surface area contributed by atoms with Gasteiger partial charge in [0.05, 0.1) is 5.69 Å². The predicted molar refractivity (Wildman–Crippen MR) is 74.2 cm³/mol. The van der Waals surface area contributed by atoms with Crippen LogP contribution in [0.25, 0.3) is 11.3 Å². The van der Waals surface area contributed by atoms with Gasteiger partial charge in [0, 0.05) is 23.8 Å². The number of hydrogen-bond donors (Lipinski definition) is 1. The fraction of sp³-hybridized carbons (Fsp3) is 0.312. The van der Waals surface area contributed by atoms with Gasteiger partial charge in [-0.3, -0.25) is 4.98 Å². The van der Waals surface area contributed by atoms with Crippen LogP contribution in [0.3, 0.4) is 0 Å². The molecule has 3 rings (SSSR count). The highest BCUT2D eigenvalue weighted by Crippen LogP contribution is 2.22.